The fourth-order valence-electron chi connectivity index (χ4n) is 4.90. The summed E-state index contributed by atoms with van der Waals surface area (Å²) in [4.78, 5) is 20.1. The Hall–Kier alpha value is -3.23. The van der Waals surface area contributed by atoms with Gasteiger partial charge in [-0.25, -0.2) is 9.37 Å². The third kappa shape index (κ3) is 4.08. The molecule has 2 fully saturated rings. The second-order valence-corrected chi connectivity index (χ2v) is 10.3. The number of halogens is 2. The first-order valence-electron chi connectivity index (χ1n) is 12.2. The minimum absolute atomic E-state index is 0.0472. The fourth-order valence-corrected chi connectivity index (χ4v) is 5.06. The molecule has 4 heterocycles. The van der Waals surface area contributed by atoms with Gasteiger partial charge in [-0.05, 0) is 57.9 Å². The zero-order chi connectivity index (χ0) is 25.1. The van der Waals surface area contributed by atoms with Crippen molar-refractivity contribution in [3.63, 3.8) is 0 Å². The van der Waals surface area contributed by atoms with Crippen molar-refractivity contribution in [3.8, 4) is 11.1 Å². The van der Waals surface area contributed by atoms with Gasteiger partial charge < -0.3 is 9.64 Å². The lowest BCUT2D eigenvalue weighted by Crippen LogP contribution is -2.43. The molecule has 0 bridgehead atoms. The first-order valence-corrected chi connectivity index (χ1v) is 12.6. The maximum absolute atomic E-state index is 15.1. The molecule has 9 heteroatoms. The van der Waals surface area contributed by atoms with Crippen LogP contribution in [0.4, 0.5) is 10.1 Å². The molecule has 2 unspecified atom stereocenters. The number of hydrogen-bond acceptors (Lipinski definition) is 5. The monoisotopic (exact) mass is 507 g/mol. The predicted molar refractivity (Wildman–Crippen MR) is 137 cm³/mol. The molecule has 1 aliphatic carbocycles. The number of aryl methyl sites for hydroxylation is 1. The van der Waals surface area contributed by atoms with Crippen molar-refractivity contribution < 1.29 is 9.13 Å². The van der Waals surface area contributed by atoms with E-state index in [1.807, 2.05) is 23.9 Å². The number of anilines is 1. The van der Waals surface area contributed by atoms with Crippen molar-refractivity contribution in [2.75, 3.05) is 18.0 Å². The molecule has 2 aliphatic rings. The van der Waals surface area contributed by atoms with E-state index < -0.39 is 5.82 Å². The zero-order valence-electron chi connectivity index (χ0n) is 20.4. The highest BCUT2D eigenvalue weighted by Gasteiger charge is 2.31. The number of hydrogen-bond donors (Lipinski definition) is 0. The smallest absolute Gasteiger partial charge is 0.261 e. The Labute approximate surface area is 213 Å². The number of nitrogens with zero attached hydrogens (tertiary/aromatic N) is 5. The van der Waals surface area contributed by atoms with Crippen LogP contribution in [0.1, 0.15) is 48.7 Å². The van der Waals surface area contributed by atoms with Crippen LogP contribution < -0.4 is 10.5 Å². The van der Waals surface area contributed by atoms with Crippen LogP contribution in [-0.2, 0) is 4.74 Å². The Morgan fingerprint density at radius 1 is 1.11 bits per heavy atom. The van der Waals surface area contributed by atoms with E-state index in [1.54, 1.807) is 32.2 Å². The van der Waals surface area contributed by atoms with Gasteiger partial charge in [-0.15, -0.1) is 0 Å². The number of fused-ring (bicyclic) bond motifs is 1. The van der Waals surface area contributed by atoms with E-state index in [0.29, 0.717) is 52.2 Å². The molecule has 0 amide bonds. The van der Waals surface area contributed by atoms with Crippen LogP contribution in [0, 0.1) is 19.7 Å². The van der Waals surface area contributed by atoms with Crippen LogP contribution in [0.5, 0.6) is 0 Å². The fraction of sp³-hybridized carbons (Fsp3) is 0.370. The number of ether oxygens (including phenoxy) is 1. The molecule has 36 heavy (non-hydrogen) atoms. The zero-order valence-corrected chi connectivity index (χ0v) is 21.2. The number of pyridine rings is 1. The van der Waals surface area contributed by atoms with E-state index in [9.17, 15) is 4.79 Å². The summed E-state index contributed by atoms with van der Waals surface area (Å²) < 4.78 is 24.9. The predicted octanol–water partition coefficient (Wildman–Crippen LogP) is 5.27. The first-order chi connectivity index (χ1) is 17.3. The van der Waals surface area contributed by atoms with Crippen LogP contribution in [0.2, 0.25) is 5.02 Å². The first kappa shape index (κ1) is 23.2. The summed E-state index contributed by atoms with van der Waals surface area (Å²) in [6.07, 6.45) is 7.88. The van der Waals surface area contributed by atoms with E-state index in [2.05, 4.69) is 21.2 Å². The molecule has 7 nitrogen and oxygen atoms in total. The van der Waals surface area contributed by atoms with Gasteiger partial charge in [0.1, 0.15) is 17.6 Å². The lowest BCUT2D eigenvalue weighted by Gasteiger charge is -2.38. The largest absolute Gasteiger partial charge is 0.367 e. The minimum atomic E-state index is -0.463. The van der Waals surface area contributed by atoms with Crippen molar-refractivity contribution >= 4 is 22.9 Å². The Morgan fingerprint density at radius 2 is 1.92 bits per heavy atom. The maximum atomic E-state index is 15.1. The van der Waals surface area contributed by atoms with Crippen molar-refractivity contribution in [1.82, 2.24) is 19.2 Å². The average molecular weight is 508 g/mol. The number of benzene rings is 1. The Morgan fingerprint density at radius 3 is 2.67 bits per heavy atom. The topological polar surface area (TPSA) is 64.7 Å². The summed E-state index contributed by atoms with van der Waals surface area (Å²) >= 11 is 6.02. The van der Waals surface area contributed by atoms with Crippen molar-refractivity contribution in [1.29, 1.82) is 0 Å². The highest BCUT2D eigenvalue weighted by molar-refractivity contribution is 6.30. The van der Waals surface area contributed by atoms with E-state index >= 15 is 4.39 Å². The molecule has 3 aromatic heterocycles. The molecule has 6 rings (SSSR count). The summed E-state index contributed by atoms with van der Waals surface area (Å²) in [5.41, 5.74) is 4.15. The highest BCUT2D eigenvalue weighted by Crippen LogP contribution is 2.37. The van der Waals surface area contributed by atoms with E-state index in [1.165, 1.54) is 10.5 Å². The average Bonchev–Trinajstić information content (AvgIpc) is 3.58. The van der Waals surface area contributed by atoms with Gasteiger partial charge in [-0.1, -0.05) is 11.6 Å². The summed E-state index contributed by atoms with van der Waals surface area (Å²) in [6.45, 7) is 6.81. The molecule has 1 aromatic carbocycles. The van der Waals surface area contributed by atoms with E-state index in [-0.39, 0.29) is 17.8 Å². The third-order valence-electron chi connectivity index (χ3n) is 7.14. The van der Waals surface area contributed by atoms with Crippen LogP contribution in [0.3, 0.4) is 0 Å². The van der Waals surface area contributed by atoms with Crippen molar-refractivity contribution in [2.24, 2.45) is 0 Å². The molecule has 0 N–H and O–H groups in total. The number of rotatable bonds is 4. The van der Waals surface area contributed by atoms with Crippen LogP contribution in [-0.4, -0.2) is 38.4 Å². The summed E-state index contributed by atoms with van der Waals surface area (Å²) in [6, 6.07) is 6.97. The minimum Gasteiger partial charge on any atom is -0.367 e. The quantitative estimate of drug-likeness (QED) is 0.376. The van der Waals surface area contributed by atoms with Gasteiger partial charge in [-0.3, -0.25) is 13.9 Å². The van der Waals surface area contributed by atoms with Gasteiger partial charge in [0.15, 0.2) is 0 Å². The summed E-state index contributed by atoms with van der Waals surface area (Å²) in [5, 5.41) is 4.84. The molecule has 1 saturated carbocycles. The third-order valence-corrected chi connectivity index (χ3v) is 7.37. The Balaban J connectivity index is 1.47. The molecule has 1 saturated heterocycles. The number of morpholine rings is 1. The lowest BCUT2D eigenvalue weighted by atomic mass is 10.0. The second-order valence-electron chi connectivity index (χ2n) is 9.88. The molecule has 0 spiro atoms. The highest BCUT2D eigenvalue weighted by atomic mass is 35.5. The lowest BCUT2D eigenvalue weighted by molar-refractivity contribution is -0.0174. The molecule has 0 radical (unpaired) electrons. The van der Waals surface area contributed by atoms with Crippen LogP contribution >= 0.6 is 11.6 Å². The maximum Gasteiger partial charge on any atom is 0.261 e. The standard InChI is InChI=1S/C27H27ClFN5O2/c1-15-11-32(14-25(36-15)18-10-30-34(12-18)20-5-6-20)21-9-23(22-7-4-19(28)8-24(22)29)26-31-17(3)16(2)27(35)33(26)13-21/h4,7-10,12-13,15,20,25H,5-6,11,14H2,1-3H3. The molecular formula is C27H27ClFN5O2. The van der Waals surface area contributed by atoms with Gasteiger partial charge in [-0.2, -0.15) is 5.10 Å². The summed E-state index contributed by atoms with van der Waals surface area (Å²) in [7, 11) is 0. The Bertz CT molecular complexity index is 1540. The molecular weight excluding hydrogens is 481 g/mol. The molecule has 2 atom stereocenters. The second kappa shape index (κ2) is 8.71. The summed E-state index contributed by atoms with van der Waals surface area (Å²) in [5.74, 6) is -0.463. The Kier molecular flexibility index (Phi) is 5.61. The van der Waals surface area contributed by atoms with Crippen LogP contribution in [0.15, 0.2) is 47.7 Å². The molecule has 186 valence electrons. The van der Waals surface area contributed by atoms with Gasteiger partial charge in [0.25, 0.3) is 5.56 Å². The van der Waals surface area contributed by atoms with Gasteiger partial charge in [0.05, 0.1) is 24.0 Å². The normalized spacial score (nSPS) is 20.3. The van der Waals surface area contributed by atoms with Crippen LogP contribution in [0.25, 0.3) is 16.8 Å². The van der Waals surface area contributed by atoms with Gasteiger partial charge >= 0.3 is 0 Å². The van der Waals surface area contributed by atoms with E-state index in [0.717, 1.165) is 24.1 Å². The van der Waals surface area contributed by atoms with Gasteiger partial charge in [0, 0.05) is 58.5 Å². The SMILES string of the molecule is Cc1nc2c(-c3ccc(Cl)cc3F)cc(N3CC(C)OC(c4cnn(C5CC5)c4)C3)cn2c(=O)c1C. The molecule has 4 aromatic rings. The van der Waals surface area contributed by atoms with Gasteiger partial charge in [0.2, 0.25) is 0 Å². The molecule has 1 aliphatic heterocycles. The van der Waals surface area contributed by atoms with Crippen molar-refractivity contribution in [2.45, 2.75) is 51.9 Å². The van der Waals surface area contributed by atoms with Crippen molar-refractivity contribution in [3.05, 3.63) is 80.9 Å². The van der Waals surface area contributed by atoms with E-state index in [4.69, 9.17) is 16.3 Å². The number of aromatic nitrogens is 4.